The average molecular weight is 492 g/mol. The molecule has 2 fully saturated rings. The number of hydrogen-bond donors (Lipinski definition) is 2. The van der Waals surface area contributed by atoms with E-state index in [9.17, 15) is 14.4 Å². The number of thioether (sulfide) groups is 1. The summed E-state index contributed by atoms with van der Waals surface area (Å²) in [6.45, 7) is 1.36. The third kappa shape index (κ3) is 5.62. The first kappa shape index (κ1) is 24.1. The van der Waals surface area contributed by atoms with Crippen molar-refractivity contribution in [2.45, 2.75) is 81.4 Å². The minimum Gasteiger partial charge on any atom is -0.322 e. The zero-order chi connectivity index (χ0) is 24.2. The number of aryl methyl sites for hydroxylation is 1. The molecule has 1 saturated heterocycles. The van der Waals surface area contributed by atoms with E-state index in [1.54, 1.807) is 16.7 Å². The summed E-state index contributed by atoms with van der Waals surface area (Å²) in [5.41, 5.74) is 4.32. The number of nitrogens with zero attached hydrogens (tertiary/aromatic N) is 1. The largest absolute Gasteiger partial charge is 0.322 e. The van der Waals surface area contributed by atoms with Crippen LogP contribution in [0.1, 0.15) is 72.0 Å². The fourth-order valence-corrected chi connectivity index (χ4v) is 6.45. The molecule has 35 heavy (non-hydrogen) atoms. The predicted octanol–water partition coefficient (Wildman–Crippen LogP) is 4.20. The Labute approximate surface area is 211 Å². The number of imide groups is 1. The van der Waals surface area contributed by atoms with Crippen LogP contribution in [0.15, 0.2) is 47.4 Å². The average Bonchev–Trinajstić information content (AvgIpc) is 3.21. The number of amides is 3. The highest BCUT2D eigenvalue weighted by atomic mass is 32.2. The molecule has 5 rings (SSSR count). The van der Waals surface area contributed by atoms with Crippen LogP contribution >= 0.6 is 11.8 Å². The number of rotatable bonds is 8. The molecule has 3 aliphatic rings. The van der Waals surface area contributed by atoms with E-state index in [-0.39, 0.29) is 24.1 Å². The molecule has 6 nitrogen and oxygen atoms in total. The first-order valence-corrected chi connectivity index (χ1v) is 13.8. The van der Waals surface area contributed by atoms with Crippen molar-refractivity contribution in [3.8, 4) is 0 Å². The number of nitrogens with one attached hydrogen (secondary N) is 2. The molecule has 2 N–H and O–H groups in total. The lowest BCUT2D eigenvalue weighted by Gasteiger charge is -2.29. The number of hydrogen-bond acceptors (Lipinski definition) is 5. The van der Waals surface area contributed by atoms with Gasteiger partial charge in [0, 0.05) is 41.8 Å². The van der Waals surface area contributed by atoms with Crippen LogP contribution in [0.5, 0.6) is 0 Å². The van der Waals surface area contributed by atoms with E-state index in [0.29, 0.717) is 24.6 Å². The van der Waals surface area contributed by atoms with Gasteiger partial charge in [0.25, 0.3) is 5.91 Å². The molecule has 2 heterocycles. The number of benzene rings is 2. The summed E-state index contributed by atoms with van der Waals surface area (Å²) >= 11 is 1.76. The van der Waals surface area contributed by atoms with Gasteiger partial charge in [0.05, 0.1) is 0 Å². The van der Waals surface area contributed by atoms with Crippen molar-refractivity contribution in [2.75, 3.05) is 5.75 Å². The van der Waals surface area contributed by atoms with Gasteiger partial charge in [-0.3, -0.25) is 19.7 Å². The molecule has 1 unspecified atom stereocenters. The highest BCUT2D eigenvalue weighted by Gasteiger charge is 2.39. The van der Waals surface area contributed by atoms with Crippen molar-refractivity contribution in [1.29, 1.82) is 0 Å². The molecule has 7 heteroatoms. The molecule has 1 atom stereocenters. The molecule has 0 radical (unpaired) electrons. The van der Waals surface area contributed by atoms with Gasteiger partial charge in [-0.15, -0.1) is 11.8 Å². The predicted molar refractivity (Wildman–Crippen MR) is 137 cm³/mol. The topological polar surface area (TPSA) is 78.5 Å². The van der Waals surface area contributed by atoms with Crippen molar-refractivity contribution in [2.24, 2.45) is 0 Å². The van der Waals surface area contributed by atoms with Gasteiger partial charge in [0.1, 0.15) is 6.04 Å². The normalized spacial score (nSPS) is 20.7. The molecule has 1 saturated carbocycles. The highest BCUT2D eigenvalue weighted by Crippen LogP contribution is 2.34. The van der Waals surface area contributed by atoms with Gasteiger partial charge in [-0.05, 0) is 54.5 Å². The van der Waals surface area contributed by atoms with Crippen LogP contribution in [0.3, 0.4) is 0 Å². The lowest BCUT2D eigenvalue weighted by atomic mass is 9.95. The Morgan fingerprint density at radius 1 is 0.943 bits per heavy atom. The lowest BCUT2D eigenvalue weighted by molar-refractivity contribution is -0.136. The van der Waals surface area contributed by atoms with Crippen molar-refractivity contribution in [3.05, 3.63) is 64.7 Å². The second kappa shape index (κ2) is 11.0. The molecule has 0 aromatic heterocycles. The van der Waals surface area contributed by atoms with Gasteiger partial charge in [-0.1, -0.05) is 49.6 Å². The second-order valence-corrected chi connectivity index (χ2v) is 10.9. The molecule has 0 spiro atoms. The molecule has 1 aliphatic carbocycles. The monoisotopic (exact) mass is 491 g/mol. The van der Waals surface area contributed by atoms with E-state index in [0.717, 1.165) is 29.2 Å². The van der Waals surface area contributed by atoms with Crippen molar-refractivity contribution in [3.63, 3.8) is 0 Å². The van der Waals surface area contributed by atoms with Gasteiger partial charge >= 0.3 is 0 Å². The minimum absolute atomic E-state index is 0.116. The standard InChI is InChI=1S/C28H33N3O3S/c32-26-14-13-24(27(33)30-26)31-18-23-22(28(31)34)7-4-8-25(23)35-16-15-19-9-11-20(12-10-19)17-29-21-5-2-1-3-6-21/h4,7-12,21,24,29H,1-3,5-6,13-18H2,(H,30,32,33). The zero-order valence-electron chi connectivity index (χ0n) is 20.1. The molecule has 184 valence electrons. The van der Waals surface area contributed by atoms with Crippen LogP contribution in [0, 0.1) is 0 Å². The fourth-order valence-electron chi connectivity index (χ4n) is 5.36. The molecular weight excluding hydrogens is 458 g/mol. The van der Waals surface area contributed by atoms with Crippen molar-refractivity contribution < 1.29 is 14.4 Å². The number of carbonyl (C=O) groups excluding carboxylic acids is 3. The Bertz CT molecular complexity index is 1100. The Kier molecular flexibility index (Phi) is 7.54. The number of carbonyl (C=O) groups is 3. The second-order valence-electron chi connectivity index (χ2n) is 9.81. The Morgan fingerprint density at radius 3 is 2.49 bits per heavy atom. The first-order valence-electron chi connectivity index (χ1n) is 12.8. The summed E-state index contributed by atoms with van der Waals surface area (Å²) in [4.78, 5) is 39.5. The smallest absolute Gasteiger partial charge is 0.255 e. The van der Waals surface area contributed by atoms with E-state index in [1.165, 1.54) is 43.2 Å². The molecule has 2 aliphatic heterocycles. The van der Waals surface area contributed by atoms with Crippen LogP contribution in [0.25, 0.3) is 0 Å². The van der Waals surface area contributed by atoms with Gasteiger partial charge in [-0.25, -0.2) is 0 Å². The molecule has 0 bridgehead atoms. The quantitative estimate of drug-likeness (QED) is 0.427. The Balaban J connectivity index is 1.14. The Hall–Kier alpha value is -2.64. The van der Waals surface area contributed by atoms with Crippen LogP contribution in [0.2, 0.25) is 0 Å². The van der Waals surface area contributed by atoms with Gasteiger partial charge < -0.3 is 10.2 Å². The number of fused-ring (bicyclic) bond motifs is 1. The summed E-state index contributed by atoms with van der Waals surface area (Å²) in [5.74, 6) is 0.173. The molecular formula is C28H33N3O3S. The molecule has 3 amide bonds. The van der Waals surface area contributed by atoms with E-state index in [2.05, 4.69) is 41.0 Å². The van der Waals surface area contributed by atoms with Gasteiger partial charge in [0.2, 0.25) is 11.8 Å². The highest BCUT2D eigenvalue weighted by molar-refractivity contribution is 7.99. The summed E-state index contributed by atoms with van der Waals surface area (Å²) in [6.07, 6.45) is 8.29. The third-order valence-corrected chi connectivity index (χ3v) is 8.51. The van der Waals surface area contributed by atoms with Crippen LogP contribution in [-0.4, -0.2) is 40.5 Å². The van der Waals surface area contributed by atoms with Crippen molar-refractivity contribution in [1.82, 2.24) is 15.5 Å². The summed E-state index contributed by atoms with van der Waals surface area (Å²) in [7, 11) is 0. The van der Waals surface area contributed by atoms with Crippen LogP contribution in [-0.2, 0) is 29.1 Å². The van der Waals surface area contributed by atoms with Gasteiger partial charge in [-0.2, -0.15) is 0 Å². The van der Waals surface area contributed by atoms with Crippen LogP contribution in [0.4, 0.5) is 0 Å². The van der Waals surface area contributed by atoms with Crippen molar-refractivity contribution >= 4 is 29.5 Å². The van der Waals surface area contributed by atoms with Gasteiger partial charge in [0.15, 0.2) is 0 Å². The van der Waals surface area contributed by atoms with Crippen LogP contribution < -0.4 is 10.6 Å². The zero-order valence-corrected chi connectivity index (χ0v) is 20.9. The van der Waals surface area contributed by atoms with E-state index in [4.69, 9.17) is 0 Å². The first-order chi connectivity index (χ1) is 17.1. The van der Waals surface area contributed by atoms with E-state index >= 15 is 0 Å². The summed E-state index contributed by atoms with van der Waals surface area (Å²) in [5, 5.41) is 6.07. The molecule has 2 aromatic rings. The maximum absolute atomic E-state index is 13.0. The maximum atomic E-state index is 13.0. The van der Waals surface area contributed by atoms with E-state index < -0.39 is 6.04 Å². The number of piperidine rings is 1. The SMILES string of the molecule is O=C1CCC(N2Cc3c(SCCc4ccc(CNC5CCCCC5)cc4)cccc3C2=O)C(=O)N1. The van der Waals surface area contributed by atoms with E-state index in [1.807, 2.05) is 12.1 Å². The third-order valence-electron chi connectivity index (χ3n) is 7.41. The fraction of sp³-hybridized carbons (Fsp3) is 0.464. The maximum Gasteiger partial charge on any atom is 0.255 e. The summed E-state index contributed by atoms with van der Waals surface area (Å²) < 4.78 is 0. The molecule has 2 aromatic carbocycles. The summed E-state index contributed by atoms with van der Waals surface area (Å²) in [6, 6.07) is 14.8. The minimum atomic E-state index is -0.573. The Morgan fingerprint density at radius 2 is 1.71 bits per heavy atom. The lowest BCUT2D eigenvalue weighted by Crippen LogP contribution is -2.52.